The predicted octanol–water partition coefficient (Wildman–Crippen LogP) is 4.60. The molecule has 0 saturated heterocycles. The maximum Gasteiger partial charge on any atom is 0.280 e. The molecule has 1 saturated carbocycles. The number of rotatable bonds is 5. The van der Waals surface area contributed by atoms with Gasteiger partial charge >= 0.3 is 0 Å². The number of hydrogen-bond donors (Lipinski definition) is 1. The predicted molar refractivity (Wildman–Crippen MR) is 114 cm³/mol. The summed E-state index contributed by atoms with van der Waals surface area (Å²) in [6.45, 7) is 0.369. The van der Waals surface area contributed by atoms with Gasteiger partial charge in [0.2, 0.25) is 0 Å². The monoisotopic (exact) mass is 403 g/mol. The molecule has 0 unspecified atom stereocenters. The van der Waals surface area contributed by atoms with Crippen LogP contribution in [0.1, 0.15) is 47.2 Å². The number of aromatic nitrogens is 4. The summed E-state index contributed by atoms with van der Waals surface area (Å²) in [5.41, 5.74) is 3.62. The van der Waals surface area contributed by atoms with Crippen molar-refractivity contribution in [3.63, 3.8) is 0 Å². The maximum atomic E-state index is 12.6. The van der Waals surface area contributed by atoms with Crippen LogP contribution in [0.2, 0.25) is 0 Å². The second-order valence-electron chi connectivity index (χ2n) is 7.29. The molecule has 1 fully saturated rings. The van der Waals surface area contributed by atoms with Gasteiger partial charge in [0, 0.05) is 6.20 Å². The molecule has 0 bridgehead atoms. The number of nitrogens with one attached hydrogen (secondary N) is 1. The highest BCUT2D eigenvalue weighted by Gasteiger charge is 2.22. The molecule has 1 N–H and O–H groups in total. The first kappa shape index (κ1) is 18.0. The lowest BCUT2D eigenvalue weighted by Crippen LogP contribution is -2.23. The fourth-order valence-corrected chi connectivity index (χ4v) is 4.76. The highest BCUT2D eigenvalue weighted by atomic mass is 32.1. The second kappa shape index (κ2) is 7.75. The molecule has 1 aromatic carbocycles. The number of pyridine rings is 1. The zero-order chi connectivity index (χ0) is 19.6. The van der Waals surface area contributed by atoms with Crippen LogP contribution in [0, 0.1) is 0 Å². The molecular weight excluding hydrogens is 382 g/mol. The third kappa shape index (κ3) is 3.65. The molecule has 0 radical (unpaired) electrons. The Hall–Kier alpha value is -3.06. The molecule has 7 heteroatoms. The summed E-state index contributed by atoms with van der Waals surface area (Å²) in [5, 5.41) is 8.27. The van der Waals surface area contributed by atoms with Crippen LogP contribution < -0.4 is 5.32 Å². The lowest BCUT2D eigenvalue weighted by atomic mass is 10.2. The van der Waals surface area contributed by atoms with Gasteiger partial charge in [0.25, 0.3) is 5.91 Å². The molecule has 6 nitrogen and oxygen atoms in total. The van der Waals surface area contributed by atoms with E-state index < -0.39 is 0 Å². The van der Waals surface area contributed by atoms with Gasteiger partial charge in [-0.3, -0.25) is 14.5 Å². The van der Waals surface area contributed by atoms with Crippen molar-refractivity contribution in [2.75, 3.05) is 0 Å². The fourth-order valence-electron chi connectivity index (χ4n) is 3.88. The number of benzene rings is 1. The van der Waals surface area contributed by atoms with E-state index in [9.17, 15) is 4.79 Å². The van der Waals surface area contributed by atoms with Gasteiger partial charge in [-0.1, -0.05) is 31.0 Å². The van der Waals surface area contributed by atoms with Gasteiger partial charge in [-0.2, -0.15) is 5.10 Å². The van der Waals surface area contributed by atoms with Crippen LogP contribution in [0.4, 0.5) is 0 Å². The molecule has 3 aromatic heterocycles. The summed E-state index contributed by atoms with van der Waals surface area (Å²) in [6.07, 6.45) is 6.54. The number of fused-ring (bicyclic) bond motifs is 1. The minimum atomic E-state index is -0.166. The van der Waals surface area contributed by atoms with Crippen LogP contribution >= 0.6 is 11.3 Å². The third-order valence-electron chi connectivity index (χ3n) is 5.30. The van der Waals surface area contributed by atoms with E-state index in [-0.39, 0.29) is 5.91 Å². The molecule has 1 amide bonds. The zero-order valence-corrected chi connectivity index (χ0v) is 16.7. The van der Waals surface area contributed by atoms with E-state index in [4.69, 9.17) is 5.10 Å². The number of hydrogen-bond acceptors (Lipinski definition) is 5. The first-order valence-electron chi connectivity index (χ1n) is 9.91. The van der Waals surface area contributed by atoms with Crippen LogP contribution in [0.15, 0.2) is 54.7 Å². The van der Waals surface area contributed by atoms with E-state index in [2.05, 4.69) is 20.0 Å². The SMILES string of the molecule is O=C(NCc1cc(-c2ccccn2)n(C2CCCC2)n1)c1nc2ccccc2s1. The van der Waals surface area contributed by atoms with Crippen molar-refractivity contribution in [1.29, 1.82) is 0 Å². The number of carbonyl (C=O) groups is 1. The molecular formula is C22H21N5OS. The molecule has 146 valence electrons. The average molecular weight is 404 g/mol. The Labute approximate surface area is 172 Å². The standard InChI is InChI=1S/C22H21N5OS/c28-21(22-25-18-10-3-4-11-20(18)29-22)24-14-15-13-19(17-9-5-6-12-23-17)27(26-15)16-7-1-2-8-16/h3-6,9-13,16H,1-2,7-8,14H2,(H,24,28). The summed E-state index contributed by atoms with van der Waals surface area (Å²) in [5.74, 6) is -0.166. The molecule has 1 aliphatic rings. The third-order valence-corrected chi connectivity index (χ3v) is 6.34. The number of carbonyl (C=O) groups excluding carboxylic acids is 1. The first-order chi connectivity index (χ1) is 14.3. The Balaban J connectivity index is 1.37. The molecule has 0 atom stereocenters. The van der Waals surface area contributed by atoms with E-state index >= 15 is 0 Å². The van der Waals surface area contributed by atoms with Crippen molar-refractivity contribution in [1.82, 2.24) is 25.1 Å². The number of nitrogens with zero attached hydrogens (tertiary/aromatic N) is 4. The average Bonchev–Trinajstić information content (AvgIpc) is 3.51. The van der Waals surface area contributed by atoms with E-state index in [1.54, 1.807) is 6.20 Å². The largest absolute Gasteiger partial charge is 0.344 e. The first-order valence-corrected chi connectivity index (χ1v) is 10.7. The van der Waals surface area contributed by atoms with Gasteiger partial charge in [-0.05, 0) is 43.2 Å². The lowest BCUT2D eigenvalue weighted by Gasteiger charge is -2.13. The van der Waals surface area contributed by atoms with Crippen molar-refractivity contribution in [3.05, 3.63) is 65.4 Å². The highest BCUT2D eigenvalue weighted by molar-refractivity contribution is 7.20. The van der Waals surface area contributed by atoms with Crippen molar-refractivity contribution in [2.24, 2.45) is 0 Å². The summed E-state index contributed by atoms with van der Waals surface area (Å²) in [4.78, 5) is 21.5. The quantitative estimate of drug-likeness (QED) is 0.529. The van der Waals surface area contributed by atoms with Crippen molar-refractivity contribution in [2.45, 2.75) is 38.3 Å². The molecule has 1 aliphatic carbocycles. The van der Waals surface area contributed by atoms with Gasteiger partial charge in [0.15, 0.2) is 5.01 Å². The van der Waals surface area contributed by atoms with E-state index in [0.717, 1.165) is 40.1 Å². The molecule has 4 aromatic rings. The Morgan fingerprint density at radius 2 is 1.97 bits per heavy atom. The van der Waals surface area contributed by atoms with Gasteiger partial charge in [0.1, 0.15) is 0 Å². The maximum absolute atomic E-state index is 12.6. The Morgan fingerprint density at radius 3 is 2.76 bits per heavy atom. The smallest absolute Gasteiger partial charge is 0.280 e. The minimum absolute atomic E-state index is 0.166. The normalized spacial score (nSPS) is 14.5. The van der Waals surface area contributed by atoms with Crippen LogP contribution in [0.5, 0.6) is 0 Å². The summed E-state index contributed by atoms with van der Waals surface area (Å²) in [6, 6.07) is 16.1. The van der Waals surface area contributed by atoms with E-state index in [0.29, 0.717) is 17.6 Å². The summed E-state index contributed by atoms with van der Waals surface area (Å²) < 4.78 is 3.12. The van der Waals surface area contributed by atoms with Crippen molar-refractivity contribution in [3.8, 4) is 11.4 Å². The number of amides is 1. The van der Waals surface area contributed by atoms with Gasteiger partial charge in [-0.25, -0.2) is 4.98 Å². The Bertz CT molecular complexity index is 1110. The number of para-hydroxylation sites is 1. The van der Waals surface area contributed by atoms with Crippen LogP contribution in [0.25, 0.3) is 21.6 Å². The van der Waals surface area contributed by atoms with Gasteiger partial charge in [0.05, 0.1) is 39.9 Å². The van der Waals surface area contributed by atoms with Gasteiger partial charge < -0.3 is 5.32 Å². The van der Waals surface area contributed by atoms with Crippen LogP contribution in [-0.2, 0) is 6.54 Å². The molecule has 0 aliphatic heterocycles. The summed E-state index contributed by atoms with van der Waals surface area (Å²) in [7, 11) is 0. The fraction of sp³-hybridized carbons (Fsp3) is 0.273. The zero-order valence-electron chi connectivity index (χ0n) is 15.9. The van der Waals surface area contributed by atoms with Crippen LogP contribution in [0.3, 0.4) is 0 Å². The molecule has 29 heavy (non-hydrogen) atoms. The second-order valence-corrected chi connectivity index (χ2v) is 8.32. The molecule has 5 rings (SSSR count). The highest BCUT2D eigenvalue weighted by Crippen LogP contribution is 2.33. The topological polar surface area (TPSA) is 72.7 Å². The van der Waals surface area contributed by atoms with E-state index in [1.165, 1.54) is 24.2 Å². The summed E-state index contributed by atoms with van der Waals surface area (Å²) >= 11 is 1.41. The lowest BCUT2D eigenvalue weighted by molar-refractivity contribution is 0.0950. The molecule has 3 heterocycles. The van der Waals surface area contributed by atoms with Crippen LogP contribution in [-0.4, -0.2) is 25.7 Å². The Kier molecular flexibility index (Phi) is 4.81. The molecule has 0 spiro atoms. The van der Waals surface area contributed by atoms with Crippen molar-refractivity contribution >= 4 is 27.5 Å². The Morgan fingerprint density at radius 1 is 1.14 bits per heavy atom. The van der Waals surface area contributed by atoms with E-state index in [1.807, 2.05) is 48.5 Å². The van der Waals surface area contributed by atoms with Gasteiger partial charge in [-0.15, -0.1) is 11.3 Å². The van der Waals surface area contributed by atoms with Crippen molar-refractivity contribution < 1.29 is 4.79 Å². The minimum Gasteiger partial charge on any atom is -0.344 e. The number of thiazole rings is 1.